The van der Waals surface area contributed by atoms with E-state index in [1.165, 1.54) is 74.8 Å². The van der Waals surface area contributed by atoms with E-state index in [4.69, 9.17) is 4.74 Å². The van der Waals surface area contributed by atoms with Crippen LogP contribution >= 0.6 is 11.3 Å². The van der Waals surface area contributed by atoms with Crippen LogP contribution in [0, 0.1) is 11.3 Å². The summed E-state index contributed by atoms with van der Waals surface area (Å²) in [6.07, 6.45) is 14.4. The molecule has 2 unspecified atom stereocenters. The third kappa shape index (κ3) is 4.42. The molecular formula is C24H36N2O2S. The number of fused-ring (bicyclic) bond motifs is 2. The molecule has 2 atom stereocenters. The Labute approximate surface area is 179 Å². The quantitative estimate of drug-likeness (QED) is 0.773. The Morgan fingerprint density at radius 1 is 1.14 bits per heavy atom. The van der Waals surface area contributed by atoms with Gasteiger partial charge in [0.2, 0.25) is 0 Å². The molecule has 2 aliphatic carbocycles. The van der Waals surface area contributed by atoms with Crippen molar-refractivity contribution >= 4 is 17.2 Å². The van der Waals surface area contributed by atoms with E-state index in [1.54, 1.807) is 11.3 Å². The van der Waals surface area contributed by atoms with Gasteiger partial charge in [-0.15, -0.1) is 11.3 Å². The number of hydrogen-bond donors (Lipinski definition) is 1. The van der Waals surface area contributed by atoms with Gasteiger partial charge in [-0.05, 0) is 56.6 Å². The first-order chi connectivity index (χ1) is 14.2. The number of carbonyl (C=O) groups excluding carboxylic acids is 1. The van der Waals surface area contributed by atoms with E-state index < -0.39 is 0 Å². The molecule has 1 saturated carbocycles. The molecule has 2 aliphatic heterocycles. The Balaban J connectivity index is 1.20. The lowest BCUT2D eigenvalue weighted by Gasteiger charge is -2.34. The molecule has 0 bridgehead atoms. The van der Waals surface area contributed by atoms with Crippen LogP contribution in [0.4, 0.5) is 0 Å². The zero-order valence-corrected chi connectivity index (χ0v) is 18.5. The highest BCUT2D eigenvalue weighted by molar-refractivity contribution is 7.14. The molecule has 1 N–H and O–H groups in total. The second kappa shape index (κ2) is 8.68. The number of hydrogen-bond acceptors (Lipinski definition) is 4. The van der Waals surface area contributed by atoms with E-state index in [2.05, 4.69) is 16.3 Å². The maximum Gasteiger partial charge on any atom is 0.261 e. The number of carbonyl (C=O) groups is 1. The molecule has 1 aromatic rings. The smallest absolute Gasteiger partial charge is 0.261 e. The predicted octanol–water partition coefficient (Wildman–Crippen LogP) is 4.42. The zero-order chi connectivity index (χ0) is 19.7. The molecular weight excluding hydrogens is 380 g/mol. The van der Waals surface area contributed by atoms with E-state index in [1.807, 2.05) is 0 Å². The topological polar surface area (TPSA) is 41.6 Å². The summed E-state index contributed by atoms with van der Waals surface area (Å²) < 4.78 is 5.91. The molecule has 4 nitrogen and oxygen atoms in total. The van der Waals surface area contributed by atoms with Gasteiger partial charge in [-0.1, -0.05) is 25.7 Å². The third-order valence-electron chi connectivity index (χ3n) is 7.84. The maximum atomic E-state index is 13.0. The fourth-order valence-corrected chi connectivity index (χ4v) is 7.36. The van der Waals surface area contributed by atoms with E-state index in [0.717, 1.165) is 49.9 Å². The van der Waals surface area contributed by atoms with Crippen molar-refractivity contribution in [3.8, 4) is 0 Å². The first-order valence-corrected chi connectivity index (χ1v) is 12.8. The number of rotatable bonds is 5. The Morgan fingerprint density at radius 2 is 1.97 bits per heavy atom. The van der Waals surface area contributed by atoms with Crippen molar-refractivity contribution in [2.24, 2.45) is 11.3 Å². The summed E-state index contributed by atoms with van der Waals surface area (Å²) in [5.41, 5.74) is 1.71. The number of amides is 1. The van der Waals surface area contributed by atoms with Crippen LogP contribution in [0.15, 0.2) is 6.07 Å². The Hall–Kier alpha value is -0.910. The van der Waals surface area contributed by atoms with E-state index in [-0.39, 0.29) is 11.3 Å². The van der Waals surface area contributed by atoms with Gasteiger partial charge in [0, 0.05) is 49.0 Å². The van der Waals surface area contributed by atoms with Crippen molar-refractivity contribution < 1.29 is 9.53 Å². The average molecular weight is 417 g/mol. The summed E-state index contributed by atoms with van der Waals surface area (Å²) in [5.74, 6) is 0.906. The van der Waals surface area contributed by atoms with E-state index >= 15 is 0 Å². The van der Waals surface area contributed by atoms with Crippen LogP contribution in [0.1, 0.15) is 77.9 Å². The van der Waals surface area contributed by atoms with Crippen molar-refractivity contribution in [2.75, 3.05) is 32.8 Å². The molecule has 3 heterocycles. The minimum Gasteiger partial charge on any atom is -0.377 e. The predicted molar refractivity (Wildman–Crippen MR) is 118 cm³/mol. The van der Waals surface area contributed by atoms with Crippen molar-refractivity contribution in [3.05, 3.63) is 21.4 Å². The number of nitrogens with one attached hydrogen (secondary N) is 1. The van der Waals surface area contributed by atoms with Crippen molar-refractivity contribution in [3.63, 3.8) is 0 Å². The van der Waals surface area contributed by atoms with Gasteiger partial charge < -0.3 is 10.1 Å². The summed E-state index contributed by atoms with van der Waals surface area (Å²) in [6, 6.07) is 2.20. The molecule has 0 aromatic carbocycles. The van der Waals surface area contributed by atoms with Crippen LogP contribution < -0.4 is 5.32 Å². The fraction of sp³-hybridized carbons (Fsp3) is 0.792. The van der Waals surface area contributed by atoms with Crippen LogP contribution in [0.3, 0.4) is 0 Å². The highest BCUT2D eigenvalue weighted by atomic mass is 32.1. The average Bonchev–Trinajstić information content (AvgIpc) is 3.45. The first-order valence-electron chi connectivity index (χ1n) is 11.9. The van der Waals surface area contributed by atoms with Crippen molar-refractivity contribution in [1.29, 1.82) is 0 Å². The molecule has 1 aromatic heterocycles. The molecule has 4 aliphatic rings. The van der Waals surface area contributed by atoms with Gasteiger partial charge in [0.1, 0.15) is 0 Å². The number of ether oxygens (including phenoxy) is 1. The summed E-state index contributed by atoms with van der Waals surface area (Å²) in [7, 11) is 0. The molecule has 160 valence electrons. The van der Waals surface area contributed by atoms with Crippen LogP contribution in [-0.2, 0) is 17.6 Å². The SMILES string of the molecule is O=C(NCC1(CN2CC3CCOC3C2)CCCC1)c1cc2c(s1)CCCCCC2. The number of thiophene rings is 1. The number of nitrogens with zero attached hydrogens (tertiary/aromatic N) is 1. The lowest BCUT2D eigenvalue weighted by molar-refractivity contribution is 0.0832. The molecule has 2 saturated heterocycles. The van der Waals surface area contributed by atoms with Gasteiger partial charge in [0.15, 0.2) is 0 Å². The normalized spacial score (nSPS) is 29.2. The highest BCUT2D eigenvalue weighted by Gasteiger charge is 2.42. The van der Waals surface area contributed by atoms with Crippen LogP contribution in [0.2, 0.25) is 0 Å². The van der Waals surface area contributed by atoms with Crippen molar-refractivity contribution in [1.82, 2.24) is 10.2 Å². The number of likely N-dealkylation sites (tertiary alicyclic amines) is 1. The zero-order valence-electron chi connectivity index (χ0n) is 17.7. The molecule has 0 spiro atoms. The highest BCUT2D eigenvalue weighted by Crippen LogP contribution is 2.40. The molecule has 3 fully saturated rings. The lowest BCUT2D eigenvalue weighted by atomic mass is 9.85. The summed E-state index contributed by atoms with van der Waals surface area (Å²) >= 11 is 1.75. The minimum atomic E-state index is 0.162. The summed E-state index contributed by atoms with van der Waals surface area (Å²) in [4.78, 5) is 18.0. The molecule has 0 radical (unpaired) electrons. The maximum absolute atomic E-state index is 13.0. The Kier molecular flexibility index (Phi) is 5.99. The van der Waals surface area contributed by atoms with Gasteiger partial charge in [0.05, 0.1) is 11.0 Å². The Bertz CT molecular complexity index is 687. The monoisotopic (exact) mass is 416 g/mol. The number of aryl methyl sites for hydroxylation is 2. The third-order valence-corrected chi connectivity index (χ3v) is 9.08. The van der Waals surface area contributed by atoms with Crippen LogP contribution in [-0.4, -0.2) is 49.7 Å². The van der Waals surface area contributed by atoms with Gasteiger partial charge in [-0.2, -0.15) is 0 Å². The first kappa shape index (κ1) is 20.0. The van der Waals surface area contributed by atoms with Crippen LogP contribution in [0.25, 0.3) is 0 Å². The van der Waals surface area contributed by atoms with E-state index in [9.17, 15) is 4.79 Å². The fourth-order valence-electron chi connectivity index (χ4n) is 6.19. The summed E-state index contributed by atoms with van der Waals surface area (Å²) in [5, 5.41) is 3.36. The molecule has 5 heteroatoms. The molecule has 29 heavy (non-hydrogen) atoms. The van der Waals surface area contributed by atoms with Gasteiger partial charge >= 0.3 is 0 Å². The largest absolute Gasteiger partial charge is 0.377 e. The molecule has 5 rings (SSSR count). The van der Waals surface area contributed by atoms with Gasteiger partial charge in [0.25, 0.3) is 5.91 Å². The minimum absolute atomic E-state index is 0.162. The van der Waals surface area contributed by atoms with Crippen LogP contribution in [0.5, 0.6) is 0 Å². The lowest BCUT2D eigenvalue weighted by Crippen LogP contribution is -2.44. The van der Waals surface area contributed by atoms with E-state index in [0.29, 0.717) is 6.10 Å². The van der Waals surface area contributed by atoms with Crippen molar-refractivity contribution in [2.45, 2.75) is 76.7 Å². The van der Waals surface area contributed by atoms with Gasteiger partial charge in [-0.3, -0.25) is 9.69 Å². The van der Waals surface area contributed by atoms with Gasteiger partial charge in [-0.25, -0.2) is 0 Å². The Morgan fingerprint density at radius 3 is 2.79 bits per heavy atom. The molecule has 1 amide bonds. The summed E-state index contributed by atoms with van der Waals surface area (Å²) in [6.45, 7) is 5.21. The second-order valence-electron chi connectivity index (χ2n) is 10.0. The standard InChI is InChI=1S/C24H36N2O2S/c27-23(22-13-18-7-3-1-2-4-8-21(18)29-22)25-16-24(10-5-6-11-24)17-26-14-19-9-12-28-20(19)15-26/h13,19-20H,1-12,14-17H2,(H,25,27). The second-order valence-corrected chi connectivity index (χ2v) is 11.2.